The Kier molecular flexibility index (Phi) is 7.62. The molecule has 6 aliphatic rings. The normalized spacial score (nSPS) is 51.2. The number of cyclic esters (lactones) is 1. The Balaban J connectivity index is 1.13. The van der Waals surface area contributed by atoms with Crippen molar-refractivity contribution in [3.05, 3.63) is 11.6 Å². The van der Waals surface area contributed by atoms with Crippen LogP contribution in [0.2, 0.25) is 0 Å². The van der Waals surface area contributed by atoms with Gasteiger partial charge in [-0.15, -0.1) is 0 Å². The lowest BCUT2D eigenvalue weighted by atomic mass is 9.43. The molecule has 4 saturated carbocycles. The zero-order valence-corrected chi connectivity index (χ0v) is 25.2. The Bertz CT molecular complexity index is 1080. The largest absolute Gasteiger partial charge is 0.458 e. The van der Waals surface area contributed by atoms with Gasteiger partial charge < -0.3 is 33.9 Å². The molecule has 0 aromatic heterocycles. The van der Waals surface area contributed by atoms with Crippen molar-refractivity contribution in [1.29, 1.82) is 0 Å². The number of rotatable bonds is 5. The van der Waals surface area contributed by atoms with Gasteiger partial charge >= 0.3 is 11.9 Å². The van der Waals surface area contributed by atoms with Crippen LogP contribution >= 0.6 is 0 Å². The molecule has 5 fully saturated rings. The van der Waals surface area contributed by atoms with Gasteiger partial charge in [-0.3, -0.25) is 4.79 Å². The highest BCUT2D eigenvalue weighted by atomic mass is 16.7. The maximum Gasteiger partial charge on any atom is 0.331 e. The van der Waals surface area contributed by atoms with E-state index < -0.39 is 42.3 Å². The zero-order chi connectivity index (χ0) is 29.3. The van der Waals surface area contributed by atoms with Gasteiger partial charge in [0.2, 0.25) is 0 Å². The van der Waals surface area contributed by atoms with Gasteiger partial charge in [0.05, 0.1) is 17.8 Å². The molecule has 230 valence electrons. The second kappa shape index (κ2) is 10.6. The lowest BCUT2D eigenvalue weighted by molar-refractivity contribution is -0.314. The van der Waals surface area contributed by atoms with E-state index in [1.807, 2.05) is 6.92 Å². The number of fused-ring (bicyclic) bond motifs is 5. The third-order valence-corrected chi connectivity index (χ3v) is 12.6. The summed E-state index contributed by atoms with van der Waals surface area (Å²) in [6, 6.07) is 0. The number of hydrogen-bond donors (Lipinski definition) is 2. The molecule has 6 rings (SSSR count). The number of carbonyl (C=O) groups excluding carboxylic acids is 2. The molecule has 41 heavy (non-hydrogen) atoms. The third kappa shape index (κ3) is 4.60. The average molecular weight is 577 g/mol. The molecular formula is C32H48O9. The first-order chi connectivity index (χ1) is 19.4. The number of aliphatic hydroxyl groups excluding tert-OH is 1. The molecule has 1 saturated heterocycles. The van der Waals surface area contributed by atoms with Crippen molar-refractivity contribution in [3.63, 3.8) is 0 Å². The molecule has 2 aliphatic heterocycles. The number of methoxy groups -OCH3 is 1. The van der Waals surface area contributed by atoms with Gasteiger partial charge in [-0.2, -0.15) is 0 Å². The summed E-state index contributed by atoms with van der Waals surface area (Å²) in [6.07, 6.45) is 6.39. The van der Waals surface area contributed by atoms with E-state index in [0.717, 1.165) is 63.4 Å². The van der Waals surface area contributed by atoms with Crippen LogP contribution in [0, 0.1) is 34.5 Å². The molecule has 0 aromatic carbocycles. The summed E-state index contributed by atoms with van der Waals surface area (Å²) in [5.41, 5.74) is 0.238. The number of carbonyl (C=O) groups is 2. The number of ether oxygens (including phenoxy) is 5. The third-order valence-electron chi connectivity index (χ3n) is 12.6. The highest BCUT2D eigenvalue weighted by Crippen LogP contribution is 2.70. The predicted octanol–water partition coefficient (Wildman–Crippen LogP) is 3.68. The first-order valence-corrected chi connectivity index (χ1v) is 15.7. The number of aliphatic hydroxyl groups is 2. The summed E-state index contributed by atoms with van der Waals surface area (Å²) in [5.74, 6) is 0.697. The van der Waals surface area contributed by atoms with E-state index in [-0.39, 0.29) is 34.7 Å². The predicted molar refractivity (Wildman–Crippen MR) is 147 cm³/mol. The van der Waals surface area contributed by atoms with Gasteiger partial charge in [-0.05, 0) is 99.4 Å². The van der Waals surface area contributed by atoms with Gasteiger partial charge in [0.1, 0.15) is 18.8 Å². The van der Waals surface area contributed by atoms with Crippen LogP contribution in [-0.2, 0) is 33.3 Å². The summed E-state index contributed by atoms with van der Waals surface area (Å²) < 4.78 is 28.6. The zero-order valence-electron chi connectivity index (χ0n) is 25.2. The van der Waals surface area contributed by atoms with Crippen LogP contribution in [0.3, 0.4) is 0 Å². The molecule has 9 heteroatoms. The van der Waals surface area contributed by atoms with E-state index in [1.165, 1.54) is 14.0 Å². The minimum atomic E-state index is -1.07. The standard InChI is InChI=1S/C32H48O9/c1-17-27(40-18(2)33)28(37-5)26(35)29(39-17)41-21-8-11-30(3)20(15-21)6-7-24-23(30)9-12-31(4)22(10-13-32(24,31)36)19-14-25(34)38-16-19/h14,17,20-24,26-29,35-36H,6-13,15-16H2,1-5H3/t17?,20-,21+,22-,23?,24?,26?,27-,28?,29+,30+,31-,32+/m1/s1. The second-order valence-electron chi connectivity index (χ2n) is 14.3. The quantitative estimate of drug-likeness (QED) is 0.373. The Morgan fingerprint density at radius 2 is 1.83 bits per heavy atom. The molecular weight excluding hydrogens is 528 g/mol. The Morgan fingerprint density at radius 1 is 1.05 bits per heavy atom. The van der Waals surface area contributed by atoms with E-state index in [0.29, 0.717) is 18.4 Å². The SMILES string of the molecule is COC1C(O)[C@H](O[C@H]2CC[C@]3(C)C4CC[C@]5(C)[C@@H](C6=CC(=O)OC6)CC[C@]5(O)C4CC[C@@H]3C2)OC(C)[C@H]1OC(C)=O. The van der Waals surface area contributed by atoms with Crippen LogP contribution < -0.4 is 0 Å². The molecule has 0 aromatic rings. The fourth-order valence-electron chi connectivity index (χ4n) is 10.4. The summed E-state index contributed by atoms with van der Waals surface area (Å²) in [6.45, 7) is 8.22. The van der Waals surface area contributed by atoms with Crippen molar-refractivity contribution in [2.45, 2.75) is 128 Å². The van der Waals surface area contributed by atoms with Crippen molar-refractivity contribution < 1.29 is 43.5 Å². The van der Waals surface area contributed by atoms with Crippen molar-refractivity contribution in [3.8, 4) is 0 Å². The molecule has 4 aliphatic carbocycles. The van der Waals surface area contributed by atoms with Gasteiger partial charge in [-0.25, -0.2) is 4.79 Å². The Labute approximate surface area is 243 Å². The molecule has 0 radical (unpaired) electrons. The van der Waals surface area contributed by atoms with E-state index in [9.17, 15) is 19.8 Å². The average Bonchev–Trinajstić information content (AvgIpc) is 3.46. The fourth-order valence-corrected chi connectivity index (χ4v) is 10.4. The maximum absolute atomic E-state index is 12.4. The summed E-state index contributed by atoms with van der Waals surface area (Å²) >= 11 is 0. The topological polar surface area (TPSA) is 121 Å². The van der Waals surface area contributed by atoms with E-state index in [1.54, 1.807) is 6.08 Å². The van der Waals surface area contributed by atoms with E-state index in [4.69, 9.17) is 23.7 Å². The number of esters is 2. The lowest BCUT2D eigenvalue weighted by Crippen LogP contribution is -2.63. The Morgan fingerprint density at radius 3 is 2.51 bits per heavy atom. The number of hydrogen-bond acceptors (Lipinski definition) is 9. The Hall–Kier alpha value is -1.52. The highest BCUT2D eigenvalue weighted by Gasteiger charge is 2.67. The summed E-state index contributed by atoms with van der Waals surface area (Å²) in [7, 11) is 1.50. The van der Waals surface area contributed by atoms with Crippen LogP contribution in [0.1, 0.15) is 85.5 Å². The molecule has 0 bridgehead atoms. The first-order valence-electron chi connectivity index (χ1n) is 15.7. The van der Waals surface area contributed by atoms with Gasteiger partial charge in [0.25, 0.3) is 0 Å². The molecule has 2 N–H and O–H groups in total. The highest BCUT2D eigenvalue weighted by molar-refractivity contribution is 5.85. The van der Waals surface area contributed by atoms with Crippen molar-refractivity contribution in [2.24, 2.45) is 34.5 Å². The summed E-state index contributed by atoms with van der Waals surface area (Å²) in [5, 5.41) is 23.5. The van der Waals surface area contributed by atoms with Crippen LogP contribution in [0.5, 0.6) is 0 Å². The van der Waals surface area contributed by atoms with Crippen LogP contribution in [0.25, 0.3) is 0 Å². The van der Waals surface area contributed by atoms with Crippen molar-refractivity contribution >= 4 is 11.9 Å². The lowest BCUT2D eigenvalue weighted by Gasteiger charge is -2.64. The smallest absolute Gasteiger partial charge is 0.331 e. The monoisotopic (exact) mass is 576 g/mol. The second-order valence-corrected chi connectivity index (χ2v) is 14.3. The van der Waals surface area contributed by atoms with Crippen LogP contribution in [0.4, 0.5) is 0 Å². The van der Waals surface area contributed by atoms with Crippen LogP contribution in [-0.4, -0.2) is 78.3 Å². The molecule has 0 spiro atoms. The molecule has 2 heterocycles. The molecule has 5 unspecified atom stereocenters. The minimum absolute atomic E-state index is 0.0427. The molecule has 9 nitrogen and oxygen atoms in total. The van der Waals surface area contributed by atoms with E-state index >= 15 is 0 Å². The minimum Gasteiger partial charge on any atom is -0.458 e. The maximum atomic E-state index is 12.4. The van der Waals surface area contributed by atoms with Crippen molar-refractivity contribution in [2.75, 3.05) is 13.7 Å². The van der Waals surface area contributed by atoms with Crippen LogP contribution in [0.15, 0.2) is 11.6 Å². The van der Waals surface area contributed by atoms with Gasteiger partial charge in [0, 0.05) is 25.5 Å². The van der Waals surface area contributed by atoms with E-state index in [2.05, 4.69) is 13.8 Å². The molecule has 13 atom stereocenters. The van der Waals surface area contributed by atoms with Crippen molar-refractivity contribution in [1.82, 2.24) is 0 Å². The van der Waals surface area contributed by atoms with Gasteiger partial charge in [-0.1, -0.05) is 13.8 Å². The molecule has 0 amide bonds. The fraction of sp³-hybridized carbons (Fsp3) is 0.875. The first kappa shape index (κ1) is 29.5. The van der Waals surface area contributed by atoms with Gasteiger partial charge in [0.15, 0.2) is 12.4 Å². The summed E-state index contributed by atoms with van der Waals surface area (Å²) in [4.78, 5) is 23.4.